The molecule has 1 fully saturated rings. The van der Waals surface area contributed by atoms with Gasteiger partial charge in [0.2, 0.25) is 0 Å². The SMILES string of the molecule is CCc1nc2cc(O[C@H]3CCOC3)c(N)cc2c(Nc2ccc3nn(Cc4ccccn4)cc3c2)c1C#N. The standard InChI is InChI=1S/C29H27N7O2/c1-2-25-23(14-30)29(22-12-24(31)28(13-27(22)34-25)38-21-8-10-37-17-21)33-19-6-7-26-18(11-19)15-36(35-26)16-20-5-3-4-9-32-20/h3-7,9,11-13,15,21H,2,8,10,16-17,31H2,1H3,(H,33,34)/t21-/m0/s1. The highest BCUT2D eigenvalue weighted by Gasteiger charge is 2.21. The summed E-state index contributed by atoms with van der Waals surface area (Å²) in [5.74, 6) is 0.583. The molecule has 1 aliphatic heterocycles. The molecule has 6 rings (SSSR count). The number of rotatable bonds is 7. The molecule has 4 heterocycles. The van der Waals surface area contributed by atoms with E-state index >= 15 is 0 Å². The molecular formula is C29H27N7O2. The largest absolute Gasteiger partial charge is 0.486 e. The van der Waals surface area contributed by atoms with Gasteiger partial charge in [-0.15, -0.1) is 0 Å². The van der Waals surface area contributed by atoms with Gasteiger partial charge in [-0.25, -0.2) is 0 Å². The number of hydrogen-bond acceptors (Lipinski definition) is 8. The lowest BCUT2D eigenvalue weighted by atomic mass is 10.0. The first-order valence-corrected chi connectivity index (χ1v) is 12.7. The van der Waals surface area contributed by atoms with Gasteiger partial charge in [-0.1, -0.05) is 13.0 Å². The number of benzene rings is 2. The van der Waals surface area contributed by atoms with Crippen molar-refractivity contribution in [3.05, 3.63) is 77.9 Å². The van der Waals surface area contributed by atoms with E-state index in [0.29, 0.717) is 54.6 Å². The van der Waals surface area contributed by atoms with Crippen molar-refractivity contribution in [1.29, 1.82) is 5.26 Å². The zero-order valence-corrected chi connectivity index (χ0v) is 21.0. The van der Waals surface area contributed by atoms with Crippen LogP contribution in [0.1, 0.15) is 30.3 Å². The van der Waals surface area contributed by atoms with Crippen LogP contribution < -0.4 is 15.8 Å². The minimum atomic E-state index is -0.0262. The molecule has 0 spiro atoms. The van der Waals surface area contributed by atoms with E-state index in [-0.39, 0.29) is 6.10 Å². The molecule has 1 aliphatic rings. The molecule has 3 N–H and O–H groups in total. The Labute approximate surface area is 219 Å². The topological polar surface area (TPSA) is 124 Å². The summed E-state index contributed by atoms with van der Waals surface area (Å²) in [6, 6.07) is 17.8. The Kier molecular flexibility index (Phi) is 6.23. The highest BCUT2D eigenvalue weighted by molar-refractivity contribution is 6.00. The molecule has 0 radical (unpaired) electrons. The molecular weight excluding hydrogens is 478 g/mol. The fourth-order valence-corrected chi connectivity index (χ4v) is 4.79. The number of aromatic nitrogens is 4. The zero-order valence-electron chi connectivity index (χ0n) is 21.0. The number of nitrogen functional groups attached to an aromatic ring is 1. The smallest absolute Gasteiger partial charge is 0.144 e. The fraction of sp³-hybridized carbons (Fsp3) is 0.241. The Hall–Kier alpha value is -4.68. The molecule has 190 valence electrons. The van der Waals surface area contributed by atoms with Crippen molar-refractivity contribution in [1.82, 2.24) is 19.7 Å². The molecule has 0 amide bonds. The number of nitriles is 1. The number of aryl methyl sites for hydroxylation is 1. The fourth-order valence-electron chi connectivity index (χ4n) is 4.79. The van der Waals surface area contributed by atoms with Crippen molar-refractivity contribution < 1.29 is 9.47 Å². The molecule has 2 aromatic carbocycles. The first kappa shape index (κ1) is 23.7. The predicted octanol–water partition coefficient (Wildman–Crippen LogP) is 4.96. The number of hydrogen-bond donors (Lipinski definition) is 2. The van der Waals surface area contributed by atoms with Gasteiger partial charge in [0.25, 0.3) is 0 Å². The maximum absolute atomic E-state index is 10.1. The summed E-state index contributed by atoms with van der Waals surface area (Å²) in [6.07, 6.45) is 5.19. The lowest BCUT2D eigenvalue weighted by Gasteiger charge is -2.18. The van der Waals surface area contributed by atoms with E-state index in [2.05, 4.69) is 21.5 Å². The highest BCUT2D eigenvalue weighted by Crippen LogP contribution is 2.37. The van der Waals surface area contributed by atoms with Crippen LogP contribution in [-0.4, -0.2) is 39.1 Å². The number of ether oxygens (including phenoxy) is 2. The second-order valence-electron chi connectivity index (χ2n) is 9.33. The molecule has 1 saturated heterocycles. The number of fused-ring (bicyclic) bond motifs is 2. The third-order valence-corrected chi connectivity index (χ3v) is 6.69. The molecule has 9 heteroatoms. The van der Waals surface area contributed by atoms with Crippen LogP contribution in [0, 0.1) is 11.3 Å². The van der Waals surface area contributed by atoms with Crippen molar-refractivity contribution in [3.63, 3.8) is 0 Å². The van der Waals surface area contributed by atoms with Gasteiger partial charge in [-0.3, -0.25) is 14.6 Å². The van der Waals surface area contributed by atoms with Crippen LogP contribution in [0.15, 0.2) is 60.9 Å². The Bertz CT molecular complexity index is 1670. The molecule has 0 unspecified atom stereocenters. The Morgan fingerprint density at radius 1 is 1.21 bits per heavy atom. The summed E-state index contributed by atoms with van der Waals surface area (Å²) < 4.78 is 13.4. The number of anilines is 3. The zero-order chi connectivity index (χ0) is 26.1. The quantitative estimate of drug-likeness (QED) is 0.298. The lowest BCUT2D eigenvalue weighted by Crippen LogP contribution is -2.16. The van der Waals surface area contributed by atoms with Crippen LogP contribution in [0.25, 0.3) is 21.8 Å². The second kappa shape index (κ2) is 10.00. The average molecular weight is 506 g/mol. The summed E-state index contributed by atoms with van der Waals surface area (Å²) in [6.45, 7) is 3.81. The number of nitrogens with two attached hydrogens (primary N) is 1. The third kappa shape index (κ3) is 4.58. The van der Waals surface area contributed by atoms with Crippen LogP contribution in [0.4, 0.5) is 17.1 Å². The first-order valence-electron chi connectivity index (χ1n) is 12.7. The first-order chi connectivity index (χ1) is 18.6. The maximum atomic E-state index is 10.1. The summed E-state index contributed by atoms with van der Waals surface area (Å²) in [4.78, 5) is 9.18. The van der Waals surface area contributed by atoms with Crippen LogP contribution >= 0.6 is 0 Å². The van der Waals surface area contributed by atoms with Crippen LogP contribution in [0.3, 0.4) is 0 Å². The van der Waals surface area contributed by atoms with Crippen LogP contribution in [0.2, 0.25) is 0 Å². The van der Waals surface area contributed by atoms with Crippen LogP contribution in [-0.2, 0) is 17.7 Å². The normalized spacial score (nSPS) is 15.1. The van der Waals surface area contributed by atoms with E-state index in [0.717, 1.165) is 39.6 Å². The molecule has 0 aliphatic carbocycles. The lowest BCUT2D eigenvalue weighted by molar-refractivity contribution is 0.142. The third-order valence-electron chi connectivity index (χ3n) is 6.69. The Morgan fingerprint density at radius 2 is 2.13 bits per heavy atom. The summed E-state index contributed by atoms with van der Waals surface area (Å²) in [5.41, 5.74) is 12.2. The summed E-state index contributed by atoms with van der Waals surface area (Å²) in [5, 5.41) is 20.0. The maximum Gasteiger partial charge on any atom is 0.144 e. The van der Waals surface area contributed by atoms with Gasteiger partial charge < -0.3 is 20.5 Å². The van der Waals surface area contributed by atoms with Gasteiger partial charge in [-0.05, 0) is 42.8 Å². The van der Waals surface area contributed by atoms with Crippen molar-refractivity contribution in [2.75, 3.05) is 24.3 Å². The Morgan fingerprint density at radius 3 is 2.89 bits per heavy atom. The van der Waals surface area contributed by atoms with E-state index in [9.17, 15) is 5.26 Å². The van der Waals surface area contributed by atoms with Gasteiger partial charge in [0, 0.05) is 41.3 Å². The molecule has 1 atom stereocenters. The molecule has 5 aromatic rings. The van der Waals surface area contributed by atoms with Crippen molar-refractivity contribution in [2.24, 2.45) is 0 Å². The molecule has 38 heavy (non-hydrogen) atoms. The second-order valence-corrected chi connectivity index (χ2v) is 9.33. The number of nitrogens with one attached hydrogen (secondary N) is 1. The number of pyridine rings is 2. The number of nitrogens with zero attached hydrogens (tertiary/aromatic N) is 5. The van der Waals surface area contributed by atoms with Gasteiger partial charge in [-0.2, -0.15) is 10.4 Å². The minimum Gasteiger partial charge on any atom is -0.486 e. The van der Waals surface area contributed by atoms with Gasteiger partial charge >= 0.3 is 0 Å². The van der Waals surface area contributed by atoms with E-state index in [1.165, 1.54) is 0 Å². The molecule has 9 nitrogen and oxygen atoms in total. The van der Waals surface area contributed by atoms with Crippen molar-refractivity contribution >= 4 is 38.9 Å². The predicted molar refractivity (Wildman–Crippen MR) is 146 cm³/mol. The van der Waals surface area contributed by atoms with E-state index in [1.54, 1.807) is 6.20 Å². The van der Waals surface area contributed by atoms with E-state index in [1.807, 2.05) is 66.3 Å². The van der Waals surface area contributed by atoms with Crippen LogP contribution in [0.5, 0.6) is 5.75 Å². The molecule has 3 aromatic heterocycles. The van der Waals surface area contributed by atoms with E-state index in [4.69, 9.17) is 20.2 Å². The molecule has 0 saturated carbocycles. The monoisotopic (exact) mass is 505 g/mol. The summed E-state index contributed by atoms with van der Waals surface area (Å²) in [7, 11) is 0. The van der Waals surface area contributed by atoms with Crippen molar-refractivity contribution in [2.45, 2.75) is 32.4 Å². The highest BCUT2D eigenvalue weighted by atomic mass is 16.5. The Balaban J connectivity index is 1.37. The summed E-state index contributed by atoms with van der Waals surface area (Å²) >= 11 is 0. The van der Waals surface area contributed by atoms with E-state index < -0.39 is 0 Å². The van der Waals surface area contributed by atoms with Gasteiger partial charge in [0.15, 0.2) is 0 Å². The minimum absolute atomic E-state index is 0.0262. The van der Waals surface area contributed by atoms with Gasteiger partial charge in [0.05, 0.1) is 59.1 Å². The van der Waals surface area contributed by atoms with Gasteiger partial charge in [0.1, 0.15) is 17.9 Å². The van der Waals surface area contributed by atoms with Crippen molar-refractivity contribution in [3.8, 4) is 11.8 Å². The molecule has 0 bridgehead atoms. The average Bonchev–Trinajstić information content (AvgIpc) is 3.59.